The van der Waals surface area contributed by atoms with Gasteiger partial charge in [-0.2, -0.15) is 0 Å². The lowest BCUT2D eigenvalue weighted by atomic mass is 9.92. The first-order valence-electron chi connectivity index (χ1n) is 5.63. The summed E-state index contributed by atoms with van der Waals surface area (Å²) in [4.78, 5) is 23.2. The van der Waals surface area contributed by atoms with E-state index in [4.69, 9.17) is 14.2 Å². The Morgan fingerprint density at radius 3 is 2.65 bits per heavy atom. The molecule has 5 nitrogen and oxygen atoms in total. The summed E-state index contributed by atoms with van der Waals surface area (Å²) in [6.45, 7) is 6.12. The fourth-order valence-electron chi connectivity index (χ4n) is 1.91. The van der Waals surface area contributed by atoms with Crippen molar-refractivity contribution < 1.29 is 23.8 Å². The van der Waals surface area contributed by atoms with E-state index in [-0.39, 0.29) is 18.6 Å². The van der Waals surface area contributed by atoms with Crippen molar-refractivity contribution in [3.8, 4) is 0 Å². The minimum atomic E-state index is -1.06. The zero-order valence-corrected chi connectivity index (χ0v) is 10.3. The fraction of sp³-hybridized carbons (Fsp3) is 0.667. The molecular weight excluding hydrogens is 224 g/mol. The summed E-state index contributed by atoms with van der Waals surface area (Å²) >= 11 is 0. The number of carbonyl (C=O) groups excluding carboxylic acids is 2. The maximum atomic E-state index is 11.7. The highest BCUT2D eigenvalue weighted by atomic mass is 16.6. The predicted molar refractivity (Wildman–Crippen MR) is 60.3 cm³/mol. The molecule has 0 N–H and O–H groups in total. The minimum absolute atomic E-state index is 0.124. The van der Waals surface area contributed by atoms with Crippen LogP contribution in [0.15, 0.2) is 12.2 Å². The first-order valence-corrected chi connectivity index (χ1v) is 5.63. The molecule has 1 fully saturated rings. The standard InChI is InChI=1S/C12H18O5/c1-4-16-10(13)9(2)8-12(11(14)15-3)6-5-7-17-12/h2,4-8H2,1,3H3/t12-/m1/s1. The summed E-state index contributed by atoms with van der Waals surface area (Å²) in [5.74, 6) is -0.952. The van der Waals surface area contributed by atoms with Gasteiger partial charge in [0.2, 0.25) is 0 Å². The van der Waals surface area contributed by atoms with E-state index in [2.05, 4.69) is 6.58 Å². The second-order valence-electron chi connectivity index (χ2n) is 3.94. The first-order chi connectivity index (χ1) is 8.05. The normalized spacial score (nSPS) is 23.2. The van der Waals surface area contributed by atoms with E-state index in [9.17, 15) is 9.59 Å². The molecule has 1 atom stereocenters. The smallest absolute Gasteiger partial charge is 0.338 e. The van der Waals surface area contributed by atoms with Gasteiger partial charge < -0.3 is 14.2 Å². The SMILES string of the molecule is C=C(C[C@@]1(C(=O)OC)CCCO1)C(=O)OCC. The molecule has 0 radical (unpaired) electrons. The molecule has 0 unspecified atom stereocenters. The molecule has 1 rings (SSSR count). The number of hydrogen-bond donors (Lipinski definition) is 0. The minimum Gasteiger partial charge on any atom is -0.467 e. The first kappa shape index (κ1) is 13.7. The molecule has 1 heterocycles. The lowest BCUT2D eigenvalue weighted by Gasteiger charge is -2.25. The summed E-state index contributed by atoms with van der Waals surface area (Å²) in [6.07, 6.45) is 1.43. The van der Waals surface area contributed by atoms with Crippen molar-refractivity contribution in [3.63, 3.8) is 0 Å². The highest BCUT2D eigenvalue weighted by Crippen LogP contribution is 2.33. The van der Waals surface area contributed by atoms with Crippen molar-refractivity contribution >= 4 is 11.9 Å². The van der Waals surface area contributed by atoms with Crippen LogP contribution in [0.1, 0.15) is 26.2 Å². The fourth-order valence-corrected chi connectivity index (χ4v) is 1.91. The molecular formula is C12H18O5. The molecule has 0 bridgehead atoms. The van der Waals surface area contributed by atoms with E-state index in [1.54, 1.807) is 6.92 Å². The van der Waals surface area contributed by atoms with Crippen LogP contribution in [0.5, 0.6) is 0 Å². The summed E-state index contributed by atoms with van der Waals surface area (Å²) in [6, 6.07) is 0. The van der Waals surface area contributed by atoms with Gasteiger partial charge in [0.1, 0.15) is 0 Å². The van der Waals surface area contributed by atoms with Crippen molar-refractivity contribution in [3.05, 3.63) is 12.2 Å². The molecule has 1 saturated heterocycles. The van der Waals surface area contributed by atoms with Gasteiger partial charge >= 0.3 is 11.9 Å². The molecule has 0 spiro atoms. The van der Waals surface area contributed by atoms with Crippen molar-refractivity contribution in [2.24, 2.45) is 0 Å². The molecule has 17 heavy (non-hydrogen) atoms. The van der Waals surface area contributed by atoms with Crippen LogP contribution in [0.4, 0.5) is 0 Å². The van der Waals surface area contributed by atoms with Gasteiger partial charge in [0.25, 0.3) is 0 Å². The number of esters is 2. The van der Waals surface area contributed by atoms with E-state index in [0.29, 0.717) is 13.0 Å². The van der Waals surface area contributed by atoms with Crippen LogP contribution in [0.2, 0.25) is 0 Å². The van der Waals surface area contributed by atoms with E-state index in [1.807, 2.05) is 0 Å². The van der Waals surface area contributed by atoms with Crippen LogP contribution in [-0.2, 0) is 23.8 Å². The van der Waals surface area contributed by atoms with E-state index in [1.165, 1.54) is 7.11 Å². The summed E-state index contributed by atoms with van der Waals surface area (Å²) in [5, 5.41) is 0. The van der Waals surface area contributed by atoms with Crippen LogP contribution < -0.4 is 0 Å². The third kappa shape index (κ3) is 3.06. The largest absolute Gasteiger partial charge is 0.467 e. The average molecular weight is 242 g/mol. The zero-order valence-electron chi connectivity index (χ0n) is 10.3. The second-order valence-corrected chi connectivity index (χ2v) is 3.94. The van der Waals surface area contributed by atoms with Gasteiger partial charge in [0, 0.05) is 18.6 Å². The summed E-state index contributed by atoms with van der Waals surface area (Å²) in [5.41, 5.74) is -0.822. The van der Waals surface area contributed by atoms with Gasteiger partial charge in [-0.25, -0.2) is 9.59 Å². The Morgan fingerprint density at radius 2 is 2.18 bits per heavy atom. The lowest BCUT2D eigenvalue weighted by molar-refractivity contribution is -0.164. The van der Waals surface area contributed by atoms with Crippen molar-refractivity contribution in [1.82, 2.24) is 0 Å². The summed E-state index contributed by atoms with van der Waals surface area (Å²) < 4.78 is 15.0. The van der Waals surface area contributed by atoms with Crippen molar-refractivity contribution in [2.75, 3.05) is 20.3 Å². The van der Waals surface area contributed by atoms with E-state index in [0.717, 1.165) is 6.42 Å². The Kier molecular flexibility index (Phi) is 4.69. The van der Waals surface area contributed by atoms with Gasteiger partial charge in [-0.15, -0.1) is 0 Å². The number of methoxy groups -OCH3 is 1. The van der Waals surface area contributed by atoms with Crippen LogP contribution in [0.3, 0.4) is 0 Å². The lowest BCUT2D eigenvalue weighted by Crippen LogP contribution is -2.40. The van der Waals surface area contributed by atoms with Gasteiger partial charge in [-0.1, -0.05) is 6.58 Å². The Labute approximate surface area is 101 Å². The van der Waals surface area contributed by atoms with Gasteiger partial charge in [0.05, 0.1) is 13.7 Å². The van der Waals surface area contributed by atoms with Crippen LogP contribution >= 0.6 is 0 Å². The maximum absolute atomic E-state index is 11.7. The highest BCUT2D eigenvalue weighted by Gasteiger charge is 2.45. The van der Waals surface area contributed by atoms with Gasteiger partial charge in [0.15, 0.2) is 5.60 Å². The molecule has 0 saturated carbocycles. The molecule has 96 valence electrons. The third-order valence-electron chi connectivity index (χ3n) is 2.72. The van der Waals surface area contributed by atoms with Crippen molar-refractivity contribution in [2.45, 2.75) is 31.8 Å². The average Bonchev–Trinajstić information content (AvgIpc) is 2.78. The Morgan fingerprint density at radius 1 is 1.47 bits per heavy atom. The molecule has 5 heteroatoms. The topological polar surface area (TPSA) is 61.8 Å². The Balaban J connectivity index is 2.71. The summed E-state index contributed by atoms with van der Waals surface area (Å²) in [7, 11) is 1.30. The predicted octanol–water partition coefficient (Wildman–Crippen LogP) is 1.22. The molecule has 1 aliphatic rings. The van der Waals surface area contributed by atoms with Crippen LogP contribution in [0.25, 0.3) is 0 Å². The maximum Gasteiger partial charge on any atom is 0.338 e. The second kappa shape index (κ2) is 5.82. The highest BCUT2D eigenvalue weighted by molar-refractivity contribution is 5.90. The zero-order chi connectivity index (χ0) is 12.9. The molecule has 0 amide bonds. The molecule has 0 aromatic carbocycles. The number of hydrogen-bond acceptors (Lipinski definition) is 5. The van der Waals surface area contributed by atoms with E-state index < -0.39 is 17.5 Å². The Bertz CT molecular complexity index is 315. The van der Waals surface area contributed by atoms with Crippen LogP contribution in [-0.4, -0.2) is 37.9 Å². The number of rotatable bonds is 5. The molecule has 0 aromatic heterocycles. The quantitative estimate of drug-likeness (QED) is 0.536. The van der Waals surface area contributed by atoms with Crippen LogP contribution in [0, 0.1) is 0 Å². The van der Waals surface area contributed by atoms with Crippen molar-refractivity contribution in [1.29, 1.82) is 0 Å². The molecule has 0 aromatic rings. The number of ether oxygens (including phenoxy) is 3. The van der Waals surface area contributed by atoms with Gasteiger partial charge in [-0.3, -0.25) is 0 Å². The molecule has 0 aliphatic carbocycles. The molecule has 1 aliphatic heterocycles. The van der Waals surface area contributed by atoms with E-state index >= 15 is 0 Å². The monoisotopic (exact) mass is 242 g/mol. The third-order valence-corrected chi connectivity index (χ3v) is 2.72. The number of carbonyl (C=O) groups is 2. The van der Waals surface area contributed by atoms with Gasteiger partial charge in [-0.05, 0) is 19.8 Å². The Hall–Kier alpha value is -1.36.